The number of aryl methyl sites for hydroxylation is 1. The number of rotatable bonds is 10. The number of amides is 2. The largest absolute Gasteiger partial charge is 0.477 e. The lowest BCUT2D eigenvalue weighted by atomic mass is 9.98. The zero-order valence-electron chi connectivity index (χ0n) is 16.1. The number of β-lactam (4-membered cyclic amide) rings is 1. The number of ether oxygens (including phenoxy) is 1. The number of aliphatic hydroxyl groups excluding tert-OH is 1. The van der Waals surface area contributed by atoms with E-state index >= 15 is 0 Å². The SMILES string of the molecule is CO[C@@]1(NC(=O)CSCCO)C(=O)N2C(C(=O)O)=C(CSc3nnnn3C)CS[C@@H]21. The van der Waals surface area contributed by atoms with Crippen molar-refractivity contribution in [3.63, 3.8) is 0 Å². The van der Waals surface area contributed by atoms with Crippen molar-refractivity contribution in [3.8, 4) is 0 Å². The second-order valence-electron chi connectivity index (χ2n) is 6.23. The molecule has 0 saturated carbocycles. The first kappa shape index (κ1) is 22.9. The monoisotopic (exact) mass is 476 g/mol. The molecule has 0 aliphatic carbocycles. The standard InChI is InChI=1S/C15H20N6O6S3/c1-20-14(17-18-19-20)30-6-8-5-29-13-15(27-2,16-9(23)7-28-4-3-22)12(26)21(13)10(8)11(24)25/h13,22H,3-7H2,1-2H3,(H,16,23)(H,24,25)/t13-,15+/m1/s1. The fraction of sp³-hybridized carbons (Fsp3) is 0.600. The molecule has 2 aliphatic heterocycles. The molecule has 3 heterocycles. The summed E-state index contributed by atoms with van der Waals surface area (Å²) in [5.74, 6) is -1.22. The summed E-state index contributed by atoms with van der Waals surface area (Å²) in [6, 6.07) is 0. The lowest BCUT2D eigenvalue weighted by Crippen LogP contribution is -2.80. The molecule has 164 valence electrons. The van der Waals surface area contributed by atoms with Crippen LogP contribution in [0.1, 0.15) is 0 Å². The zero-order valence-corrected chi connectivity index (χ0v) is 18.6. The summed E-state index contributed by atoms with van der Waals surface area (Å²) in [5.41, 5.74) is -1.17. The number of thioether (sulfide) groups is 3. The van der Waals surface area contributed by atoms with E-state index in [1.807, 2.05) is 0 Å². The van der Waals surface area contributed by atoms with E-state index < -0.39 is 28.9 Å². The molecule has 2 aliphatic rings. The Morgan fingerprint density at radius 2 is 2.23 bits per heavy atom. The number of hydrogen-bond donors (Lipinski definition) is 3. The Kier molecular flexibility index (Phi) is 7.28. The summed E-state index contributed by atoms with van der Waals surface area (Å²) < 4.78 is 6.85. The van der Waals surface area contributed by atoms with Crippen LogP contribution in [0.4, 0.5) is 0 Å². The molecule has 0 aromatic carbocycles. The van der Waals surface area contributed by atoms with Gasteiger partial charge in [0, 0.05) is 31.4 Å². The Bertz CT molecular complexity index is 879. The van der Waals surface area contributed by atoms with Crippen LogP contribution < -0.4 is 5.32 Å². The number of fused-ring (bicyclic) bond motifs is 1. The number of carbonyl (C=O) groups excluding carboxylic acids is 2. The predicted molar refractivity (Wildman–Crippen MR) is 110 cm³/mol. The van der Waals surface area contributed by atoms with Crippen molar-refractivity contribution in [2.24, 2.45) is 7.05 Å². The fourth-order valence-corrected chi connectivity index (χ4v) is 5.98. The van der Waals surface area contributed by atoms with Crippen molar-refractivity contribution in [1.82, 2.24) is 30.4 Å². The van der Waals surface area contributed by atoms with Gasteiger partial charge in [-0.05, 0) is 16.0 Å². The van der Waals surface area contributed by atoms with E-state index in [2.05, 4.69) is 20.8 Å². The highest BCUT2D eigenvalue weighted by Gasteiger charge is 2.66. The normalized spacial score (nSPS) is 23.2. The lowest BCUT2D eigenvalue weighted by molar-refractivity contribution is -0.192. The van der Waals surface area contributed by atoms with Gasteiger partial charge in [0.15, 0.2) is 0 Å². The van der Waals surface area contributed by atoms with Gasteiger partial charge in [-0.3, -0.25) is 14.5 Å². The maximum absolute atomic E-state index is 12.9. The number of carbonyl (C=O) groups is 3. The molecule has 1 aromatic heterocycles. The molecule has 0 radical (unpaired) electrons. The van der Waals surface area contributed by atoms with Crippen molar-refractivity contribution in [1.29, 1.82) is 0 Å². The number of nitrogens with one attached hydrogen (secondary N) is 1. The van der Waals surface area contributed by atoms with E-state index in [1.165, 1.54) is 47.1 Å². The number of nitrogens with zero attached hydrogens (tertiary/aromatic N) is 5. The summed E-state index contributed by atoms with van der Waals surface area (Å²) in [4.78, 5) is 38.3. The number of carboxylic acid groups (broad SMARTS) is 1. The third-order valence-electron chi connectivity index (χ3n) is 4.39. The molecular formula is C15H20N6O6S3. The third-order valence-corrected chi connectivity index (χ3v) is 7.79. The number of methoxy groups -OCH3 is 1. The zero-order chi connectivity index (χ0) is 21.9. The minimum absolute atomic E-state index is 0.0472. The van der Waals surface area contributed by atoms with Gasteiger partial charge in [-0.1, -0.05) is 11.8 Å². The topological polar surface area (TPSA) is 160 Å². The van der Waals surface area contributed by atoms with Crippen molar-refractivity contribution in [2.75, 3.05) is 36.7 Å². The van der Waals surface area contributed by atoms with Gasteiger partial charge in [0.2, 0.25) is 11.1 Å². The van der Waals surface area contributed by atoms with E-state index in [9.17, 15) is 19.5 Å². The van der Waals surface area contributed by atoms with Gasteiger partial charge < -0.3 is 20.3 Å². The molecule has 2 atom stereocenters. The van der Waals surface area contributed by atoms with Crippen LogP contribution in [0.3, 0.4) is 0 Å². The molecule has 0 bridgehead atoms. The summed E-state index contributed by atoms with van der Waals surface area (Å²) in [6.45, 7) is -0.0590. The van der Waals surface area contributed by atoms with Crippen molar-refractivity contribution < 1.29 is 29.3 Å². The minimum Gasteiger partial charge on any atom is -0.477 e. The van der Waals surface area contributed by atoms with E-state index in [0.717, 1.165) is 4.90 Å². The van der Waals surface area contributed by atoms with Gasteiger partial charge in [0.05, 0.1) is 12.4 Å². The first-order valence-electron chi connectivity index (χ1n) is 8.66. The van der Waals surface area contributed by atoms with Crippen molar-refractivity contribution in [2.45, 2.75) is 16.3 Å². The number of aliphatic carboxylic acids is 1. The molecule has 0 unspecified atom stereocenters. The first-order chi connectivity index (χ1) is 14.4. The lowest BCUT2D eigenvalue weighted by Gasteiger charge is -2.55. The highest BCUT2D eigenvalue weighted by Crippen LogP contribution is 2.47. The van der Waals surface area contributed by atoms with Crippen molar-refractivity contribution >= 4 is 53.1 Å². The van der Waals surface area contributed by atoms with Crippen LogP contribution in [0.2, 0.25) is 0 Å². The maximum Gasteiger partial charge on any atom is 0.352 e. The third kappa shape index (κ3) is 4.16. The Balaban J connectivity index is 1.77. The summed E-state index contributed by atoms with van der Waals surface area (Å²) in [6.07, 6.45) is 0. The Morgan fingerprint density at radius 1 is 1.47 bits per heavy atom. The van der Waals surface area contributed by atoms with Gasteiger partial charge >= 0.3 is 5.97 Å². The molecule has 3 rings (SSSR count). The highest BCUT2D eigenvalue weighted by atomic mass is 32.2. The van der Waals surface area contributed by atoms with Crippen LogP contribution in [0.25, 0.3) is 0 Å². The van der Waals surface area contributed by atoms with Crippen LogP contribution in [-0.4, -0.2) is 101 Å². The molecule has 2 amide bonds. The van der Waals surface area contributed by atoms with Crippen LogP contribution in [0, 0.1) is 0 Å². The number of carboxylic acids is 1. The van der Waals surface area contributed by atoms with Gasteiger partial charge in [-0.25, -0.2) is 9.48 Å². The number of tetrazole rings is 1. The van der Waals surface area contributed by atoms with E-state index in [0.29, 0.717) is 28.0 Å². The molecule has 3 N–H and O–H groups in total. The molecule has 0 spiro atoms. The molecule has 15 heteroatoms. The van der Waals surface area contributed by atoms with Gasteiger partial charge in [-0.15, -0.1) is 28.6 Å². The average Bonchev–Trinajstić information content (AvgIpc) is 3.14. The second kappa shape index (κ2) is 9.55. The average molecular weight is 477 g/mol. The molecule has 12 nitrogen and oxygen atoms in total. The maximum atomic E-state index is 12.9. The molecule has 1 saturated heterocycles. The molecule has 30 heavy (non-hydrogen) atoms. The second-order valence-corrected chi connectivity index (χ2v) is 9.35. The number of hydrogen-bond acceptors (Lipinski definition) is 11. The van der Waals surface area contributed by atoms with Gasteiger partial charge in [-0.2, -0.15) is 0 Å². The first-order valence-corrected chi connectivity index (χ1v) is 11.8. The Labute approximate surface area is 184 Å². The Hall–Kier alpha value is -1.81. The molecule has 1 fully saturated rings. The smallest absolute Gasteiger partial charge is 0.352 e. The van der Waals surface area contributed by atoms with E-state index in [1.54, 1.807) is 7.05 Å². The van der Waals surface area contributed by atoms with Gasteiger partial charge in [0.25, 0.3) is 11.6 Å². The number of aliphatic hydroxyl groups is 1. The highest BCUT2D eigenvalue weighted by molar-refractivity contribution is 8.01. The quantitative estimate of drug-likeness (QED) is 0.159. The minimum atomic E-state index is -1.62. The van der Waals surface area contributed by atoms with E-state index in [-0.39, 0.29) is 18.1 Å². The predicted octanol–water partition coefficient (Wildman–Crippen LogP) is -1.26. The Morgan fingerprint density at radius 3 is 2.83 bits per heavy atom. The summed E-state index contributed by atoms with van der Waals surface area (Å²) >= 11 is 3.80. The number of aromatic nitrogens is 4. The van der Waals surface area contributed by atoms with E-state index in [4.69, 9.17) is 9.84 Å². The van der Waals surface area contributed by atoms with Crippen LogP contribution in [-0.2, 0) is 26.2 Å². The molecule has 1 aromatic rings. The van der Waals surface area contributed by atoms with Crippen LogP contribution in [0.15, 0.2) is 16.4 Å². The van der Waals surface area contributed by atoms with Gasteiger partial charge in [0.1, 0.15) is 11.1 Å². The van der Waals surface area contributed by atoms with Crippen LogP contribution in [0.5, 0.6) is 0 Å². The molecular weight excluding hydrogens is 456 g/mol. The summed E-state index contributed by atoms with van der Waals surface area (Å²) in [7, 11) is 2.97. The van der Waals surface area contributed by atoms with Crippen LogP contribution >= 0.6 is 35.3 Å². The fourth-order valence-electron chi connectivity index (χ4n) is 3.02. The summed E-state index contributed by atoms with van der Waals surface area (Å²) in [5, 5.41) is 32.1. The van der Waals surface area contributed by atoms with Crippen molar-refractivity contribution in [3.05, 3.63) is 11.3 Å².